The third kappa shape index (κ3) is 2.02. The molecule has 3 heteroatoms. The van der Waals surface area contributed by atoms with E-state index >= 15 is 0 Å². The molecule has 0 aromatic carbocycles. The second-order valence-electron chi connectivity index (χ2n) is 5.56. The van der Waals surface area contributed by atoms with Crippen LogP contribution < -0.4 is 0 Å². The second kappa shape index (κ2) is 4.71. The van der Waals surface area contributed by atoms with Crippen molar-refractivity contribution in [2.24, 2.45) is 5.92 Å². The molecule has 3 rings (SSSR count). The largest absolute Gasteiger partial charge is 0.334 e. The number of fused-ring (bicyclic) bond motifs is 1. The maximum atomic E-state index is 12.6. The molecular weight excluding hydrogens is 224 g/mol. The van der Waals surface area contributed by atoms with E-state index in [1.165, 1.54) is 25.7 Å². The van der Waals surface area contributed by atoms with E-state index in [-0.39, 0.29) is 5.91 Å². The minimum Gasteiger partial charge on any atom is -0.334 e. The van der Waals surface area contributed by atoms with Crippen LogP contribution in [-0.4, -0.2) is 28.4 Å². The maximum Gasteiger partial charge on any atom is 0.272 e. The molecule has 2 aliphatic rings. The van der Waals surface area contributed by atoms with Gasteiger partial charge >= 0.3 is 0 Å². The van der Waals surface area contributed by atoms with Crippen molar-refractivity contribution in [1.29, 1.82) is 0 Å². The minimum atomic E-state index is 0.135. The Balaban J connectivity index is 1.83. The fourth-order valence-electron chi connectivity index (χ4n) is 3.52. The van der Waals surface area contributed by atoms with Crippen LogP contribution in [0.1, 0.15) is 48.3 Å². The SMILES string of the molecule is Cc1cccc(C(=O)N2CCCC3CCCC32)n1. The molecule has 2 heterocycles. The predicted molar refractivity (Wildman–Crippen MR) is 70.4 cm³/mol. The van der Waals surface area contributed by atoms with Gasteiger partial charge in [0.2, 0.25) is 0 Å². The van der Waals surface area contributed by atoms with E-state index in [4.69, 9.17) is 0 Å². The standard InChI is InChI=1S/C15H20N2O/c1-11-5-2-8-13(16-11)15(18)17-10-4-7-12-6-3-9-14(12)17/h2,5,8,12,14H,3-4,6-7,9-10H2,1H3. The molecule has 2 atom stereocenters. The molecule has 1 amide bonds. The maximum absolute atomic E-state index is 12.6. The lowest BCUT2D eigenvalue weighted by molar-refractivity contribution is 0.0542. The normalized spacial score (nSPS) is 27.1. The van der Waals surface area contributed by atoms with Gasteiger partial charge in [0.25, 0.3) is 5.91 Å². The highest BCUT2D eigenvalue weighted by Crippen LogP contribution is 2.37. The van der Waals surface area contributed by atoms with Crippen LogP contribution >= 0.6 is 0 Å². The van der Waals surface area contributed by atoms with Crippen LogP contribution in [0.15, 0.2) is 18.2 Å². The summed E-state index contributed by atoms with van der Waals surface area (Å²) in [7, 11) is 0. The van der Waals surface area contributed by atoms with Gasteiger partial charge in [-0.25, -0.2) is 4.98 Å². The lowest BCUT2D eigenvalue weighted by Crippen LogP contribution is -2.46. The molecule has 1 saturated heterocycles. The number of amides is 1. The molecule has 3 nitrogen and oxygen atoms in total. The Kier molecular flexibility index (Phi) is 3.06. The molecule has 96 valence electrons. The molecule has 0 bridgehead atoms. The van der Waals surface area contributed by atoms with Gasteiger partial charge in [-0.3, -0.25) is 4.79 Å². The van der Waals surface area contributed by atoms with Gasteiger partial charge in [-0.1, -0.05) is 12.5 Å². The molecule has 1 saturated carbocycles. The van der Waals surface area contributed by atoms with Gasteiger partial charge in [-0.2, -0.15) is 0 Å². The Morgan fingerprint density at radius 3 is 2.94 bits per heavy atom. The summed E-state index contributed by atoms with van der Waals surface area (Å²) in [6.07, 6.45) is 6.21. The Labute approximate surface area is 108 Å². The van der Waals surface area contributed by atoms with Crippen LogP contribution in [0.5, 0.6) is 0 Å². The molecule has 1 aliphatic carbocycles. The summed E-state index contributed by atoms with van der Waals surface area (Å²) < 4.78 is 0. The zero-order valence-electron chi connectivity index (χ0n) is 10.9. The fourth-order valence-corrected chi connectivity index (χ4v) is 3.52. The molecule has 1 aliphatic heterocycles. The number of piperidine rings is 1. The van der Waals surface area contributed by atoms with Crippen molar-refractivity contribution in [3.05, 3.63) is 29.6 Å². The monoisotopic (exact) mass is 244 g/mol. The van der Waals surface area contributed by atoms with E-state index < -0.39 is 0 Å². The summed E-state index contributed by atoms with van der Waals surface area (Å²) in [6, 6.07) is 6.18. The van der Waals surface area contributed by atoms with Gasteiger partial charge in [-0.15, -0.1) is 0 Å². The van der Waals surface area contributed by atoms with Crippen molar-refractivity contribution in [3.63, 3.8) is 0 Å². The summed E-state index contributed by atoms with van der Waals surface area (Å²) in [6.45, 7) is 2.85. The highest BCUT2D eigenvalue weighted by molar-refractivity contribution is 5.92. The number of nitrogens with zero attached hydrogens (tertiary/aromatic N) is 2. The van der Waals surface area contributed by atoms with E-state index in [1.807, 2.05) is 25.1 Å². The van der Waals surface area contributed by atoms with Crippen LogP contribution in [0.4, 0.5) is 0 Å². The lowest BCUT2D eigenvalue weighted by Gasteiger charge is -2.37. The molecule has 0 N–H and O–H groups in total. The molecule has 0 spiro atoms. The number of hydrogen-bond acceptors (Lipinski definition) is 2. The van der Waals surface area contributed by atoms with Crippen molar-refractivity contribution >= 4 is 5.91 Å². The van der Waals surface area contributed by atoms with Crippen molar-refractivity contribution < 1.29 is 4.79 Å². The number of aryl methyl sites for hydroxylation is 1. The molecule has 1 aromatic rings. The summed E-state index contributed by atoms with van der Waals surface area (Å²) in [5, 5.41) is 0. The van der Waals surface area contributed by atoms with Gasteiger partial charge in [0.1, 0.15) is 5.69 Å². The first-order valence-electron chi connectivity index (χ1n) is 7.00. The molecular formula is C15H20N2O. The van der Waals surface area contributed by atoms with Crippen LogP contribution in [-0.2, 0) is 0 Å². The minimum absolute atomic E-state index is 0.135. The Hall–Kier alpha value is -1.38. The molecule has 1 aromatic heterocycles. The summed E-state index contributed by atoms with van der Waals surface area (Å²) in [5.41, 5.74) is 1.53. The lowest BCUT2D eigenvalue weighted by atomic mass is 9.91. The summed E-state index contributed by atoms with van der Waals surface area (Å²) in [4.78, 5) is 19.0. The summed E-state index contributed by atoms with van der Waals surface area (Å²) >= 11 is 0. The van der Waals surface area contributed by atoms with Gasteiger partial charge in [0.05, 0.1) is 0 Å². The zero-order chi connectivity index (χ0) is 12.5. The van der Waals surface area contributed by atoms with Gasteiger partial charge in [0, 0.05) is 18.3 Å². The van der Waals surface area contributed by atoms with Crippen LogP contribution in [0.3, 0.4) is 0 Å². The van der Waals surface area contributed by atoms with Gasteiger partial charge in [-0.05, 0) is 50.7 Å². The molecule has 2 fully saturated rings. The third-order valence-corrected chi connectivity index (χ3v) is 4.36. The first kappa shape index (κ1) is 11.7. The first-order valence-corrected chi connectivity index (χ1v) is 7.00. The number of hydrogen-bond donors (Lipinski definition) is 0. The Morgan fingerprint density at radius 1 is 1.28 bits per heavy atom. The number of carbonyl (C=O) groups is 1. The average Bonchev–Trinajstić information content (AvgIpc) is 2.86. The Bertz CT molecular complexity index is 458. The highest BCUT2D eigenvalue weighted by Gasteiger charge is 2.37. The Morgan fingerprint density at radius 2 is 2.11 bits per heavy atom. The quantitative estimate of drug-likeness (QED) is 0.761. The van der Waals surface area contributed by atoms with E-state index in [0.717, 1.165) is 24.6 Å². The van der Waals surface area contributed by atoms with E-state index in [9.17, 15) is 4.79 Å². The van der Waals surface area contributed by atoms with Crippen LogP contribution in [0.25, 0.3) is 0 Å². The van der Waals surface area contributed by atoms with Crippen molar-refractivity contribution in [3.8, 4) is 0 Å². The van der Waals surface area contributed by atoms with Gasteiger partial charge in [0.15, 0.2) is 0 Å². The number of likely N-dealkylation sites (tertiary alicyclic amines) is 1. The van der Waals surface area contributed by atoms with E-state index in [2.05, 4.69) is 9.88 Å². The molecule has 0 radical (unpaired) electrons. The smallest absolute Gasteiger partial charge is 0.272 e. The third-order valence-electron chi connectivity index (χ3n) is 4.36. The molecule has 18 heavy (non-hydrogen) atoms. The van der Waals surface area contributed by atoms with Crippen molar-refractivity contribution in [2.75, 3.05) is 6.54 Å². The number of carbonyl (C=O) groups excluding carboxylic acids is 1. The van der Waals surface area contributed by atoms with Crippen molar-refractivity contribution in [2.45, 2.75) is 45.1 Å². The van der Waals surface area contributed by atoms with Crippen molar-refractivity contribution in [1.82, 2.24) is 9.88 Å². The van der Waals surface area contributed by atoms with Crippen LogP contribution in [0, 0.1) is 12.8 Å². The topological polar surface area (TPSA) is 33.2 Å². The first-order chi connectivity index (χ1) is 8.75. The zero-order valence-corrected chi connectivity index (χ0v) is 10.9. The fraction of sp³-hybridized carbons (Fsp3) is 0.600. The number of rotatable bonds is 1. The van der Waals surface area contributed by atoms with Crippen LogP contribution in [0.2, 0.25) is 0 Å². The average molecular weight is 244 g/mol. The molecule has 2 unspecified atom stereocenters. The number of pyridine rings is 1. The second-order valence-corrected chi connectivity index (χ2v) is 5.56. The highest BCUT2D eigenvalue weighted by atomic mass is 16.2. The van der Waals surface area contributed by atoms with Gasteiger partial charge < -0.3 is 4.90 Å². The predicted octanol–water partition coefficient (Wildman–Crippen LogP) is 2.79. The van der Waals surface area contributed by atoms with E-state index in [0.29, 0.717) is 11.7 Å². The van der Waals surface area contributed by atoms with E-state index in [1.54, 1.807) is 0 Å². The summed E-state index contributed by atoms with van der Waals surface area (Å²) in [5.74, 6) is 0.878. The number of aromatic nitrogens is 1.